The van der Waals surface area contributed by atoms with E-state index in [0.29, 0.717) is 25.3 Å². The molecule has 0 unspecified atom stereocenters. The molecule has 1 heterocycles. The number of nitrogens with one attached hydrogen (secondary N) is 1. The zero-order chi connectivity index (χ0) is 12.9. The van der Waals surface area contributed by atoms with Crippen molar-refractivity contribution in [1.29, 1.82) is 0 Å². The minimum Gasteiger partial charge on any atom is -0.383 e. The summed E-state index contributed by atoms with van der Waals surface area (Å²) < 4.78 is 30.7. The zero-order valence-corrected chi connectivity index (χ0v) is 10.8. The second-order valence-electron chi connectivity index (χ2n) is 3.42. The van der Waals surface area contributed by atoms with E-state index in [-0.39, 0.29) is 11.6 Å². The molecule has 0 fully saturated rings. The Bertz CT molecular complexity index is 443. The molecule has 17 heavy (non-hydrogen) atoms. The Morgan fingerprint density at radius 1 is 1.59 bits per heavy atom. The second kappa shape index (κ2) is 6.10. The average molecular weight is 262 g/mol. The van der Waals surface area contributed by atoms with Crippen LogP contribution in [0.5, 0.6) is 0 Å². The van der Waals surface area contributed by atoms with Crippen molar-refractivity contribution in [2.45, 2.75) is 18.5 Å². The molecule has 8 heteroatoms. The van der Waals surface area contributed by atoms with E-state index < -0.39 is 10.0 Å². The number of rotatable bonds is 7. The number of nitrogens with two attached hydrogens (primary N) is 1. The zero-order valence-electron chi connectivity index (χ0n) is 10.0. The Labute approximate surface area is 101 Å². The van der Waals surface area contributed by atoms with Gasteiger partial charge in [0, 0.05) is 32.3 Å². The number of hydrogen-bond donors (Lipinski definition) is 2. The molecule has 0 saturated carbocycles. The van der Waals surface area contributed by atoms with Crippen LogP contribution >= 0.6 is 0 Å². The fraction of sp³-hybridized carbons (Fsp3) is 0.667. The Hall–Kier alpha value is -0.960. The highest BCUT2D eigenvalue weighted by atomic mass is 32.2. The Morgan fingerprint density at radius 2 is 2.29 bits per heavy atom. The number of methoxy groups -OCH3 is 1. The van der Waals surface area contributed by atoms with Crippen LogP contribution in [0.4, 0.5) is 0 Å². The molecule has 7 nitrogen and oxygen atoms in total. The number of H-pyrrole nitrogens is 1. The molecular weight excluding hydrogens is 244 g/mol. The summed E-state index contributed by atoms with van der Waals surface area (Å²) in [7, 11) is -2.04. The van der Waals surface area contributed by atoms with Gasteiger partial charge in [-0.25, -0.2) is 8.42 Å². The Kier molecular flexibility index (Phi) is 5.06. The Morgan fingerprint density at radius 3 is 2.82 bits per heavy atom. The molecular formula is C9H18N4O3S. The van der Waals surface area contributed by atoms with Crippen LogP contribution in [0.25, 0.3) is 0 Å². The minimum absolute atomic E-state index is 0.0675. The summed E-state index contributed by atoms with van der Waals surface area (Å²) in [6, 6.07) is 0. The number of aromatic nitrogens is 2. The molecule has 0 aliphatic rings. The molecule has 1 aromatic heterocycles. The highest BCUT2D eigenvalue weighted by molar-refractivity contribution is 7.89. The third-order valence-corrected chi connectivity index (χ3v) is 4.38. The molecule has 0 radical (unpaired) electrons. The van der Waals surface area contributed by atoms with Gasteiger partial charge in [0.15, 0.2) is 5.03 Å². The lowest BCUT2D eigenvalue weighted by Gasteiger charge is -2.19. The first-order chi connectivity index (χ1) is 8.07. The normalized spacial score (nSPS) is 12.2. The molecule has 0 aliphatic carbocycles. The van der Waals surface area contributed by atoms with Crippen molar-refractivity contribution in [3.8, 4) is 0 Å². The summed E-state index contributed by atoms with van der Waals surface area (Å²) in [5.41, 5.74) is 5.95. The third kappa shape index (κ3) is 3.03. The van der Waals surface area contributed by atoms with Crippen LogP contribution in [-0.4, -0.2) is 49.7 Å². The lowest BCUT2D eigenvalue weighted by molar-refractivity contribution is 0.180. The van der Waals surface area contributed by atoms with E-state index in [2.05, 4.69) is 10.2 Å². The van der Waals surface area contributed by atoms with E-state index >= 15 is 0 Å². The molecule has 98 valence electrons. The SMILES string of the molecule is CCN(CCOC)S(=O)(=O)c1[nH]ncc1CN. The molecule has 3 N–H and O–H groups in total. The predicted octanol–water partition coefficient (Wildman–Crippen LogP) is -0.475. The fourth-order valence-electron chi connectivity index (χ4n) is 1.44. The standard InChI is InChI=1S/C9H18N4O3S/c1-3-13(4-5-16-2)17(14,15)9-8(6-10)7-11-12-9/h7H,3-6,10H2,1-2H3,(H,11,12). The third-order valence-electron chi connectivity index (χ3n) is 2.39. The molecule has 0 saturated heterocycles. The van der Waals surface area contributed by atoms with Crippen LogP contribution in [0.1, 0.15) is 12.5 Å². The van der Waals surface area contributed by atoms with E-state index in [0.717, 1.165) is 0 Å². The summed E-state index contributed by atoms with van der Waals surface area (Å²) in [6.07, 6.45) is 1.43. The summed E-state index contributed by atoms with van der Waals surface area (Å²) in [5.74, 6) is 0. The van der Waals surface area contributed by atoms with E-state index in [4.69, 9.17) is 10.5 Å². The Balaban J connectivity index is 3.00. The number of nitrogens with zero attached hydrogens (tertiary/aromatic N) is 2. The van der Waals surface area contributed by atoms with Gasteiger partial charge in [-0.3, -0.25) is 5.10 Å². The topological polar surface area (TPSA) is 101 Å². The van der Waals surface area contributed by atoms with Gasteiger partial charge in [-0.05, 0) is 0 Å². The molecule has 0 aromatic carbocycles. The average Bonchev–Trinajstić information content (AvgIpc) is 2.78. The molecule has 0 atom stereocenters. The second-order valence-corrected chi connectivity index (χ2v) is 5.29. The highest BCUT2D eigenvalue weighted by Gasteiger charge is 2.26. The molecule has 1 aromatic rings. The van der Waals surface area contributed by atoms with Gasteiger partial charge in [-0.2, -0.15) is 9.40 Å². The maximum atomic E-state index is 12.3. The number of sulfonamides is 1. The van der Waals surface area contributed by atoms with Crippen molar-refractivity contribution in [2.75, 3.05) is 26.8 Å². The van der Waals surface area contributed by atoms with Crippen LogP contribution in [0.2, 0.25) is 0 Å². The van der Waals surface area contributed by atoms with Gasteiger partial charge >= 0.3 is 0 Å². The van der Waals surface area contributed by atoms with Crippen molar-refractivity contribution >= 4 is 10.0 Å². The highest BCUT2D eigenvalue weighted by Crippen LogP contribution is 2.16. The minimum atomic E-state index is -3.57. The lowest BCUT2D eigenvalue weighted by atomic mass is 10.4. The van der Waals surface area contributed by atoms with Gasteiger partial charge in [0.2, 0.25) is 0 Å². The summed E-state index contributed by atoms with van der Waals surface area (Å²) >= 11 is 0. The largest absolute Gasteiger partial charge is 0.383 e. The molecule has 0 bridgehead atoms. The first-order valence-corrected chi connectivity index (χ1v) is 6.73. The number of likely N-dealkylation sites (N-methyl/N-ethyl adjacent to an activating group) is 1. The van der Waals surface area contributed by atoms with Crippen molar-refractivity contribution in [1.82, 2.24) is 14.5 Å². The van der Waals surface area contributed by atoms with Gasteiger partial charge in [0.1, 0.15) is 0 Å². The van der Waals surface area contributed by atoms with Gasteiger partial charge in [-0.1, -0.05) is 6.92 Å². The van der Waals surface area contributed by atoms with E-state index in [1.807, 2.05) is 0 Å². The summed E-state index contributed by atoms with van der Waals surface area (Å²) in [5, 5.41) is 6.27. The molecule has 0 amide bonds. The van der Waals surface area contributed by atoms with Gasteiger partial charge in [0.05, 0.1) is 12.8 Å². The number of hydrogen-bond acceptors (Lipinski definition) is 5. The van der Waals surface area contributed by atoms with Crippen molar-refractivity contribution < 1.29 is 13.2 Å². The van der Waals surface area contributed by atoms with Crippen LogP contribution in [0.15, 0.2) is 11.2 Å². The van der Waals surface area contributed by atoms with Gasteiger partial charge in [-0.15, -0.1) is 0 Å². The number of ether oxygens (including phenoxy) is 1. The quantitative estimate of drug-likeness (QED) is 0.691. The van der Waals surface area contributed by atoms with Crippen molar-refractivity contribution in [3.05, 3.63) is 11.8 Å². The van der Waals surface area contributed by atoms with E-state index in [1.54, 1.807) is 6.92 Å². The van der Waals surface area contributed by atoms with Crippen LogP contribution < -0.4 is 5.73 Å². The number of aromatic amines is 1. The van der Waals surface area contributed by atoms with Crippen molar-refractivity contribution in [2.24, 2.45) is 5.73 Å². The van der Waals surface area contributed by atoms with E-state index in [1.165, 1.54) is 17.6 Å². The first-order valence-electron chi connectivity index (χ1n) is 5.29. The molecule has 0 aliphatic heterocycles. The van der Waals surface area contributed by atoms with Crippen LogP contribution in [0.3, 0.4) is 0 Å². The molecule has 1 rings (SSSR count). The van der Waals surface area contributed by atoms with Crippen LogP contribution in [-0.2, 0) is 21.3 Å². The summed E-state index contributed by atoms with van der Waals surface area (Å²) in [4.78, 5) is 0. The molecule has 0 spiro atoms. The van der Waals surface area contributed by atoms with Gasteiger partial charge < -0.3 is 10.5 Å². The first kappa shape index (κ1) is 14.1. The fourth-order valence-corrected chi connectivity index (χ4v) is 2.99. The van der Waals surface area contributed by atoms with Crippen molar-refractivity contribution in [3.63, 3.8) is 0 Å². The van der Waals surface area contributed by atoms with Gasteiger partial charge in [0.25, 0.3) is 10.0 Å². The van der Waals surface area contributed by atoms with E-state index in [9.17, 15) is 8.42 Å². The smallest absolute Gasteiger partial charge is 0.260 e. The summed E-state index contributed by atoms with van der Waals surface area (Å²) in [6.45, 7) is 2.92. The maximum Gasteiger partial charge on any atom is 0.260 e. The monoisotopic (exact) mass is 262 g/mol. The lowest BCUT2D eigenvalue weighted by Crippen LogP contribution is -2.34. The maximum absolute atomic E-state index is 12.3. The predicted molar refractivity (Wildman–Crippen MR) is 62.8 cm³/mol. The van der Waals surface area contributed by atoms with Crippen LogP contribution in [0, 0.1) is 0 Å².